The van der Waals surface area contributed by atoms with Crippen LogP contribution in [0.1, 0.15) is 52.0 Å². The molecule has 1 aromatic heterocycles. The van der Waals surface area contributed by atoms with E-state index in [0.29, 0.717) is 18.7 Å². The van der Waals surface area contributed by atoms with Crippen molar-refractivity contribution in [2.45, 2.75) is 32.7 Å². The van der Waals surface area contributed by atoms with Gasteiger partial charge >= 0.3 is 5.97 Å². The SMILES string of the molecule is CCCCCN(Cc1nc(C(=O)OC)cs1)C(=O)c1ccc(-c2ccccc2)cc1. The third kappa shape index (κ3) is 5.54. The summed E-state index contributed by atoms with van der Waals surface area (Å²) in [6.45, 7) is 3.17. The van der Waals surface area contributed by atoms with Gasteiger partial charge < -0.3 is 9.64 Å². The van der Waals surface area contributed by atoms with Gasteiger partial charge in [-0.3, -0.25) is 4.79 Å². The van der Waals surface area contributed by atoms with E-state index in [1.54, 1.807) is 5.38 Å². The van der Waals surface area contributed by atoms with Gasteiger partial charge in [0.1, 0.15) is 5.01 Å². The Kier molecular flexibility index (Phi) is 7.74. The molecule has 0 saturated heterocycles. The summed E-state index contributed by atoms with van der Waals surface area (Å²) >= 11 is 1.37. The minimum atomic E-state index is -0.460. The first-order valence-corrected chi connectivity index (χ1v) is 11.0. The molecule has 6 heteroatoms. The Balaban J connectivity index is 1.76. The number of aromatic nitrogens is 1. The number of hydrogen-bond acceptors (Lipinski definition) is 5. The molecule has 0 bridgehead atoms. The summed E-state index contributed by atoms with van der Waals surface area (Å²) in [6.07, 6.45) is 3.07. The first-order chi connectivity index (χ1) is 14.6. The van der Waals surface area contributed by atoms with Crippen LogP contribution >= 0.6 is 11.3 Å². The summed E-state index contributed by atoms with van der Waals surface area (Å²) in [5.41, 5.74) is 3.13. The van der Waals surface area contributed by atoms with Gasteiger partial charge in [0.05, 0.1) is 13.7 Å². The van der Waals surface area contributed by atoms with E-state index in [0.717, 1.165) is 35.4 Å². The Morgan fingerprint density at radius 1 is 1.00 bits per heavy atom. The summed E-state index contributed by atoms with van der Waals surface area (Å²) in [5.74, 6) is -0.488. The first-order valence-electron chi connectivity index (χ1n) is 10.1. The monoisotopic (exact) mass is 422 g/mol. The van der Waals surface area contributed by atoms with Crippen LogP contribution in [0, 0.1) is 0 Å². The van der Waals surface area contributed by atoms with Crippen LogP contribution in [0.5, 0.6) is 0 Å². The van der Waals surface area contributed by atoms with Crippen LogP contribution in [0.2, 0.25) is 0 Å². The lowest BCUT2D eigenvalue weighted by Crippen LogP contribution is -2.31. The number of benzene rings is 2. The van der Waals surface area contributed by atoms with Crippen LogP contribution in [0.3, 0.4) is 0 Å². The number of esters is 1. The predicted molar refractivity (Wildman–Crippen MR) is 120 cm³/mol. The maximum Gasteiger partial charge on any atom is 0.357 e. The number of unbranched alkanes of at least 4 members (excludes halogenated alkanes) is 2. The summed E-state index contributed by atoms with van der Waals surface area (Å²) < 4.78 is 4.72. The lowest BCUT2D eigenvalue weighted by Gasteiger charge is -2.22. The molecule has 0 radical (unpaired) electrons. The highest BCUT2D eigenvalue weighted by atomic mass is 32.1. The van der Waals surface area contributed by atoms with Crippen molar-refractivity contribution < 1.29 is 14.3 Å². The number of thiazole rings is 1. The zero-order valence-electron chi connectivity index (χ0n) is 17.3. The molecule has 1 heterocycles. The number of carbonyl (C=O) groups is 2. The van der Waals surface area contributed by atoms with E-state index in [9.17, 15) is 9.59 Å². The minimum Gasteiger partial charge on any atom is -0.464 e. The standard InChI is InChI=1S/C24H26N2O3S/c1-3-4-8-15-26(16-22-25-21(17-30-22)24(28)29-2)23(27)20-13-11-19(12-14-20)18-9-6-5-7-10-18/h5-7,9-14,17H,3-4,8,15-16H2,1-2H3. The third-order valence-corrected chi connectivity index (χ3v) is 5.66. The highest BCUT2D eigenvalue weighted by Crippen LogP contribution is 2.21. The van der Waals surface area contributed by atoms with Gasteiger partial charge in [-0.15, -0.1) is 11.3 Å². The zero-order chi connectivity index (χ0) is 21.3. The normalized spacial score (nSPS) is 10.6. The van der Waals surface area contributed by atoms with Gasteiger partial charge in [0.15, 0.2) is 5.69 Å². The fourth-order valence-electron chi connectivity index (χ4n) is 3.17. The Hall–Kier alpha value is -2.99. The van der Waals surface area contributed by atoms with E-state index >= 15 is 0 Å². The second-order valence-corrected chi connectivity index (χ2v) is 7.94. The smallest absolute Gasteiger partial charge is 0.357 e. The second-order valence-electron chi connectivity index (χ2n) is 7.00. The molecular weight excluding hydrogens is 396 g/mol. The Morgan fingerprint density at radius 2 is 1.70 bits per heavy atom. The number of carbonyl (C=O) groups excluding carboxylic acids is 2. The van der Waals surface area contributed by atoms with Crippen molar-refractivity contribution in [1.82, 2.24) is 9.88 Å². The molecule has 30 heavy (non-hydrogen) atoms. The van der Waals surface area contributed by atoms with Crippen LogP contribution in [0.15, 0.2) is 60.0 Å². The number of methoxy groups -OCH3 is 1. The molecule has 3 aromatic rings. The Labute approximate surface area is 181 Å². The summed E-state index contributed by atoms with van der Waals surface area (Å²) in [5, 5.41) is 2.39. The molecule has 0 saturated carbocycles. The molecule has 1 amide bonds. The summed E-state index contributed by atoms with van der Waals surface area (Å²) in [7, 11) is 1.33. The first kappa shape index (κ1) is 21.7. The fourth-order valence-corrected chi connectivity index (χ4v) is 3.95. The van der Waals surface area contributed by atoms with Crippen LogP contribution in [-0.2, 0) is 11.3 Å². The second kappa shape index (κ2) is 10.7. The van der Waals surface area contributed by atoms with Crippen LogP contribution < -0.4 is 0 Å². The topological polar surface area (TPSA) is 59.5 Å². The van der Waals surface area contributed by atoms with Gasteiger partial charge in [0.25, 0.3) is 5.91 Å². The summed E-state index contributed by atoms with van der Waals surface area (Å²) in [4.78, 5) is 31.0. The van der Waals surface area contributed by atoms with E-state index in [4.69, 9.17) is 4.74 Å². The van der Waals surface area contributed by atoms with Crippen molar-refractivity contribution in [1.29, 1.82) is 0 Å². The van der Waals surface area contributed by atoms with Crippen molar-refractivity contribution >= 4 is 23.2 Å². The molecule has 0 aliphatic heterocycles. The van der Waals surface area contributed by atoms with Crippen LogP contribution in [0.25, 0.3) is 11.1 Å². The van der Waals surface area contributed by atoms with E-state index in [1.165, 1.54) is 18.4 Å². The van der Waals surface area contributed by atoms with E-state index in [1.807, 2.05) is 47.4 Å². The Bertz CT molecular complexity index is 968. The number of hydrogen-bond donors (Lipinski definition) is 0. The van der Waals surface area contributed by atoms with Crippen molar-refractivity contribution in [3.63, 3.8) is 0 Å². The quantitative estimate of drug-likeness (QED) is 0.341. The molecule has 0 unspecified atom stereocenters. The molecule has 0 N–H and O–H groups in total. The van der Waals surface area contributed by atoms with Gasteiger partial charge in [-0.25, -0.2) is 9.78 Å². The van der Waals surface area contributed by atoms with Gasteiger partial charge in [0, 0.05) is 17.5 Å². The van der Waals surface area contributed by atoms with Gasteiger partial charge in [-0.2, -0.15) is 0 Å². The number of amides is 1. The van der Waals surface area contributed by atoms with Gasteiger partial charge in [-0.05, 0) is 29.7 Å². The zero-order valence-corrected chi connectivity index (χ0v) is 18.2. The van der Waals surface area contributed by atoms with Crippen LogP contribution in [0.4, 0.5) is 0 Å². The molecule has 156 valence electrons. The lowest BCUT2D eigenvalue weighted by atomic mass is 10.0. The predicted octanol–water partition coefficient (Wildman–Crippen LogP) is 5.43. The Morgan fingerprint density at radius 3 is 2.37 bits per heavy atom. The van der Waals surface area contributed by atoms with E-state index in [2.05, 4.69) is 24.0 Å². The molecule has 0 aliphatic carbocycles. The van der Waals surface area contributed by atoms with Gasteiger partial charge in [0.2, 0.25) is 0 Å². The minimum absolute atomic E-state index is 0.0273. The fraction of sp³-hybridized carbons (Fsp3) is 0.292. The maximum absolute atomic E-state index is 13.2. The van der Waals surface area contributed by atoms with E-state index in [-0.39, 0.29) is 11.6 Å². The average Bonchev–Trinajstić information content (AvgIpc) is 3.27. The molecule has 0 spiro atoms. The number of ether oxygens (including phenoxy) is 1. The van der Waals surface area contributed by atoms with Crippen LogP contribution in [-0.4, -0.2) is 35.4 Å². The van der Waals surface area contributed by atoms with Crippen molar-refractivity contribution in [2.24, 2.45) is 0 Å². The molecular formula is C24H26N2O3S. The summed E-state index contributed by atoms with van der Waals surface area (Å²) in [6, 6.07) is 17.8. The highest BCUT2D eigenvalue weighted by molar-refractivity contribution is 7.09. The molecule has 2 aromatic carbocycles. The van der Waals surface area contributed by atoms with Gasteiger partial charge in [-0.1, -0.05) is 62.2 Å². The van der Waals surface area contributed by atoms with Crippen molar-refractivity contribution in [3.8, 4) is 11.1 Å². The largest absolute Gasteiger partial charge is 0.464 e. The molecule has 3 rings (SSSR count). The molecule has 0 fully saturated rings. The highest BCUT2D eigenvalue weighted by Gasteiger charge is 2.19. The molecule has 0 atom stereocenters. The lowest BCUT2D eigenvalue weighted by molar-refractivity contribution is 0.0594. The third-order valence-electron chi connectivity index (χ3n) is 4.83. The molecule has 0 aliphatic rings. The van der Waals surface area contributed by atoms with E-state index < -0.39 is 5.97 Å². The number of nitrogens with zero attached hydrogens (tertiary/aromatic N) is 2. The van der Waals surface area contributed by atoms with Crippen molar-refractivity contribution in [3.05, 3.63) is 76.2 Å². The van der Waals surface area contributed by atoms with Crippen molar-refractivity contribution in [2.75, 3.05) is 13.7 Å². The molecule has 5 nitrogen and oxygen atoms in total. The average molecular weight is 423 g/mol. The number of rotatable bonds is 9. The maximum atomic E-state index is 13.2.